The van der Waals surface area contributed by atoms with Crippen LogP contribution >= 0.6 is 11.8 Å². The molecule has 0 radical (unpaired) electrons. The number of rotatable bonds is 2. The Bertz CT molecular complexity index is 497. The topological polar surface area (TPSA) is 38.9 Å². The summed E-state index contributed by atoms with van der Waals surface area (Å²) in [4.78, 5) is 1.11. The Kier molecular flexibility index (Phi) is 3.24. The third kappa shape index (κ3) is 3.09. The van der Waals surface area contributed by atoms with Crippen LogP contribution in [0, 0.1) is 6.92 Å². The van der Waals surface area contributed by atoms with E-state index in [0.717, 1.165) is 4.90 Å². The molecule has 0 aliphatic carbocycles. The summed E-state index contributed by atoms with van der Waals surface area (Å²) >= 11 is 1.49. The molecule has 0 spiro atoms. The first-order valence-corrected chi connectivity index (χ1v) is 6.35. The van der Waals surface area contributed by atoms with E-state index < -0.39 is 0 Å². The van der Waals surface area contributed by atoms with Crippen molar-refractivity contribution in [3.63, 3.8) is 0 Å². The molecule has 0 aliphatic rings. The Morgan fingerprint density at radius 3 is 2.24 bits per heavy atom. The summed E-state index contributed by atoms with van der Waals surface area (Å²) < 4.78 is 5.62. The summed E-state index contributed by atoms with van der Waals surface area (Å²) in [6.45, 7) is 8.24. The summed E-state index contributed by atoms with van der Waals surface area (Å²) in [6.07, 6.45) is 0. The van der Waals surface area contributed by atoms with E-state index in [1.165, 1.54) is 17.3 Å². The SMILES string of the molecule is Cc1ccc(Sc2nnc(C(C)(C)C)o2)cc1. The summed E-state index contributed by atoms with van der Waals surface area (Å²) in [5, 5.41) is 8.71. The Balaban J connectivity index is 2.14. The Labute approximate surface area is 106 Å². The highest BCUT2D eigenvalue weighted by atomic mass is 32.2. The Morgan fingerprint density at radius 1 is 1.06 bits per heavy atom. The summed E-state index contributed by atoms with van der Waals surface area (Å²) in [7, 11) is 0. The van der Waals surface area contributed by atoms with Gasteiger partial charge in [-0.3, -0.25) is 0 Å². The molecule has 17 heavy (non-hydrogen) atoms. The predicted molar refractivity (Wildman–Crippen MR) is 68.3 cm³/mol. The van der Waals surface area contributed by atoms with Crippen LogP contribution in [0.15, 0.2) is 38.8 Å². The Hall–Kier alpha value is -1.29. The van der Waals surface area contributed by atoms with Gasteiger partial charge in [0.1, 0.15) is 0 Å². The summed E-state index contributed by atoms with van der Waals surface area (Å²) in [5.74, 6) is 0.673. The molecule has 90 valence electrons. The van der Waals surface area contributed by atoms with Crippen molar-refractivity contribution in [2.45, 2.75) is 43.2 Å². The van der Waals surface area contributed by atoms with Gasteiger partial charge in [-0.05, 0) is 30.8 Å². The lowest BCUT2D eigenvalue weighted by molar-refractivity contribution is 0.347. The second-order valence-electron chi connectivity index (χ2n) is 5.04. The zero-order valence-corrected chi connectivity index (χ0v) is 11.3. The van der Waals surface area contributed by atoms with Crippen molar-refractivity contribution in [2.75, 3.05) is 0 Å². The number of hydrogen-bond acceptors (Lipinski definition) is 4. The molecule has 4 heteroatoms. The van der Waals surface area contributed by atoms with Crippen molar-refractivity contribution in [3.8, 4) is 0 Å². The molecule has 3 nitrogen and oxygen atoms in total. The minimum atomic E-state index is -0.0981. The van der Waals surface area contributed by atoms with Crippen molar-refractivity contribution in [3.05, 3.63) is 35.7 Å². The van der Waals surface area contributed by atoms with Gasteiger partial charge in [-0.15, -0.1) is 10.2 Å². The molecular formula is C13H16N2OS. The first-order chi connectivity index (χ1) is 7.95. The second-order valence-corrected chi connectivity index (χ2v) is 6.06. The van der Waals surface area contributed by atoms with Gasteiger partial charge in [0.2, 0.25) is 5.89 Å². The zero-order valence-electron chi connectivity index (χ0n) is 10.5. The van der Waals surface area contributed by atoms with Crippen LogP contribution in [0.2, 0.25) is 0 Å². The molecule has 1 heterocycles. The van der Waals surface area contributed by atoms with E-state index in [9.17, 15) is 0 Å². The number of aryl methyl sites for hydroxylation is 1. The van der Waals surface area contributed by atoms with Crippen molar-refractivity contribution in [1.29, 1.82) is 0 Å². The lowest BCUT2D eigenvalue weighted by Gasteiger charge is -2.10. The average molecular weight is 248 g/mol. The maximum atomic E-state index is 5.62. The van der Waals surface area contributed by atoms with Gasteiger partial charge in [-0.1, -0.05) is 38.5 Å². The summed E-state index contributed by atoms with van der Waals surface area (Å²) in [5.41, 5.74) is 1.15. The largest absolute Gasteiger partial charge is 0.415 e. The van der Waals surface area contributed by atoms with Crippen LogP contribution in [0.3, 0.4) is 0 Å². The minimum Gasteiger partial charge on any atom is -0.415 e. The van der Waals surface area contributed by atoms with E-state index in [0.29, 0.717) is 11.1 Å². The van der Waals surface area contributed by atoms with Crippen LogP contribution in [-0.2, 0) is 5.41 Å². The minimum absolute atomic E-state index is 0.0981. The standard InChI is InChI=1S/C13H16N2OS/c1-9-5-7-10(8-6-9)17-12-15-14-11(16-12)13(2,3)4/h5-8H,1-4H3. The van der Waals surface area contributed by atoms with Gasteiger partial charge in [0.25, 0.3) is 5.22 Å². The number of aromatic nitrogens is 2. The van der Waals surface area contributed by atoms with E-state index in [4.69, 9.17) is 4.42 Å². The molecule has 0 unspecified atom stereocenters. The maximum absolute atomic E-state index is 5.62. The normalized spacial score (nSPS) is 11.8. The van der Waals surface area contributed by atoms with Gasteiger partial charge in [0.05, 0.1) is 0 Å². The second kappa shape index (κ2) is 4.53. The molecule has 0 aliphatic heterocycles. The van der Waals surface area contributed by atoms with Crippen molar-refractivity contribution in [2.24, 2.45) is 0 Å². The van der Waals surface area contributed by atoms with E-state index in [1.807, 2.05) is 0 Å². The van der Waals surface area contributed by atoms with E-state index in [2.05, 4.69) is 62.2 Å². The zero-order chi connectivity index (χ0) is 12.5. The molecule has 0 N–H and O–H groups in total. The first-order valence-electron chi connectivity index (χ1n) is 5.54. The van der Waals surface area contributed by atoms with Gasteiger partial charge in [-0.25, -0.2) is 0 Å². The van der Waals surface area contributed by atoms with Crippen LogP contribution in [0.1, 0.15) is 32.2 Å². The highest BCUT2D eigenvalue weighted by Gasteiger charge is 2.21. The van der Waals surface area contributed by atoms with Gasteiger partial charge >= 0.3 is 0 Å². The monoisotopic (exact) mass is 248 g/mol. The van der Waals surface area contributed by atoms with Crippen molar-refractivity contribution in [1.82, 2.24) is 10.2 Å². The highest BCUT2D eigenvalue weighted by molar-refractivity contribution is 7.99. The quantitative estimate of drug-likeness (QED) is 0.809. The van der Waals surface area contributed by atoms with Crippen LogP contribution in [0.25, 0.3) is 0 Å². The molecule has 0 fully saturated rings. The van der Waals surface area contributed by atoms with Gasteiger partial charge in [-0.2, -0.15) is 0 Å². The van der Waals surface area contributed by atoms with Crippen LogP contribution in [0.4, 0.5) is 0 Å². The van der Waals surface area contributed by atoms with Crippen LogP contribution in [-0.4, -0.2) is 10.2 Å². The highest BCUT2D eigenvalue weighted by Crippen LogP contribution is 2.29. The molecule has 0 amide bonds. The van der Waals surface area contributed by atoms with Gasteiger partial charge in [0.15, 0.2) is 0 Å². The lowest BCUT2D eigenvalue weighted by Crippen LogP contribution is -2.11. The van der Waals surface area contributed by atoms with E-state index in [1.54, 1.807) is 0 Å². The summed E-state index contributed by atoms with van der Waals surface area (Å²) in [6, 6.07) is 8.26. The van der Waals surface area contributed by atoms with Gasteiger partial charge in [0, 0.05) is 10.3 Å². The fraction of sp³-hybridized carbons (Fsp3) is 0.385. The van der Waals surface area contributed by atoms with Gasteiger partial charge < -0.3 is 4.42 Å². The smallest absolute Gasteiger partial charge is 0.281 e. The van der Waals surface area contributed by atoms with E-state index >= 15 is 0 Å². The first kappa shape index (κ1) is 12.2. The maximum Gasteiger partial charge on any atom is 0.281 e. The fourth-order valence-corrected chi connectivity index (χ4v) is 1.94. The molecule has 0 saturated carbocycles. The Morgan fingerprint density at radius 2 is 1.71 bits per heavy atom. The van der Waals surface area contributed by atoms with Crippen LogP contribution < -0.4 is 0 Å². The lowest BCUT2D eigenvalue weighted by atomic mass is 9.97. The van der Waals surface area contributed by atoms with Crippen molar-refractivity contribution < 1.29 is 4.42 Å². The third-order valence-corrected chi connectivity index (χ3v) is 3.12. The molecule has 1 aromatic carbocycles. The molecule has 0 atom stereocenters. The third-order valence-electron chi connectivity index (χ3n) is 2.27. The average Bonchev–Trinajstić information content (AvgIpc) is 2.69. The number of nitrogens with zero attached hydrogens (tertiary/aromatic N) is 2. The number of benzene rings is 1. The van der Waals surface area contributed by atoms with Crippen molar-refractivity contribution >= 4 is 11.8 Å². The van der Waals surface area contributed by atoms with Crippen LogP contribution in [0.5, 0.6) is 0 Å². The molecular weight excluding hydrogens is 232 g/mol. The molecule has 2 rings (SSSR count). The molecule has 0 saturated heterocycles. The fourth-order valence-electron chi connectivity index (χ4n) is 1.26. The predicted octanol–water partition coefficient (Wildman–Crippen LogP) is 3.83. The molecule has 2 aromatic rings. The molecule has 1 aromatic heterocycles. The molecule has 0 bridgehead atoms. The number of hydrogen-bond donors (Lipinski definition) is 0. The van der Waals surface area contributed by atoms with E-state index in [-0.39, 0.29) is 5.41 Å².